The van der Waals surface area contributed by atoms with Crippen molar-refractivity contribution in [2.75, 3.05) is 6.54 Å². The number of rotatable bonds is 7. The normalized spacial score (nSPS) is 12.0. The molecule has 30 heavy (non-hydrogen) atoms. The van der Waals surface area contributed by atoms with E-state index in [1.54, 1.807) is 24.5 Å². The van der Waals surface area contributed by atoms with Crippen molar-refractivity contribution >= 4 is 10.0 Å². The Balaban J connectivity index is 1.66. The lowest BCUT2D eigenvalue weighted by Gasteiger charge is -2.11. The molecule has 0 radical (unpaired) electrons. The summed E-state index contributed by atoms with van der Waals surface area (Å²) in [5, 5.41) is 4.19. The Labute approximate surface area is 169 Å². The van der Waals surface area contributed by atoms with E-state index < -0.39 is 27.7 Å². The topological polar surface area (TPSA) is 103 Å². The Morgan fingerprint density at radius 1 is 1.07 bits per heavy atom. The first-order valence-corrected chi connectivity index (χ1v) is 9.96. The Hall–Kier alpha value is -3.25. The average Bonchev–Trinajstić information content (AvgIpc) is 2.69. The monoisotopic (exact) mass is 440 g/mol. The molecule has 0 saturated heterocycles. The first kappa shape index (κ1) is 21.5. The Morgan fingerprint density at radius 2 is 1.80 bits per heavy atom. The number of hydrogen-bond donors (Lipinski definition) is 1. The van der Waals surface area contributed by atoms with E-state index in [9.17, 15) is 26.4 Å². The fourth-order valence-corrected chi connectivity index (χ4v) is 3.49. The number of nitrogens with zero attached hydrogens (tertiary/aromatic N) is 3. The summed E-state index contributed by atoms with van der Waals surface area (Å²) in [6.07, 6.45) is -1.70. The van der Waals surface area contributed by atoms with Crippen LogP contribution in [0.1, 0.15) is 0 Å². The second kappa shape index (κ2) is 8.63. The van der Waals surface area contributed by atoms with Gasteiger partial charge in [0.05, 0.1) is 17.1 Å². The van der Waals surface area contributed by atoms with Gasteiger partial charge < -0.3 is 4.74 Å². The summed E-state index contributed by atoms with van der Waals surface area (Å²) >= 11 is 0. The molecule has 1 N–H and O–H groups in total. The zero-order valence-corrected chi connectivity index (χ0v) is 16.0. The highest BCUT2D eigenvalue weighted by Crippen LogP contribution is 2.23. The van der Waals surface area contributed by atoms with Crippen molar-refractivity contribution < 1.29 is 26.3 Å². The van der Waals surface area contributed by atoms with Gasteiger partial charge in [-0.15, -0.1) is 13.2 Å². The Bertz CT molecular complexity index is 1160. The number of halogens is 3. The van der Waals surface area contributed by atoms with Crippen LogP contribution < -0.4 is 15.0 Å². The third-order valence-corrected chi connectivity index (χ3v) is 5.28. The number of nitrogens with one attached hydrogen (secondary N) is 1. The van der Waals surface area contributed by atoms with E-state index in [2.05, 4.69) is 19.5 Å². The smallest absolute Gasteiger partial charge is 0.406 e. The van der Waals surface area contributed by atoms with Crippen molar-refractivity contribution in [1.29, 1.82) is 0 Å². The first-order chi connectivity index (χ1) is 14.1. The predicted octanol–water partition coefficient (Wildman–Crippen LogP) is 2.18. The lowest BCUT2D eigenvalue weighted by atomic mass is 10.2. The highest BCUT2D eigenvalue weighted by atomic mass is 32.2. The van der Waals surface area contributed by atoms with Gasteiger partial charge in [0, 0.05) is 30.6 Å². The zero-order chi connectivity index (χ0) is 21.8. The molecule has 1 aromatic carbocycles. The van der Waals surface area contributed by atoms with Crippen molar-refractivity contribution in [2.45, 2.75) is 17.8 Å². The van der Waals surface area contributed by atoms with Gasteiger partial charge in [0.1, 0.15) is 5.75 Å². The van der Waals surface area contributed by atoms with E-state index in [4.69, 9.17) is 0 Å². The van der Waals surface area contributed by atoms with Crippen LogP contribution in [0.15, 0.2) is 70.6 Å². The largest absolute Gasteiger partial charge is 0.573 e. The molecule has 12 heteroatoms. The van der Waals surface area contributed by atoms with Crippen LogP contribution in [-0.4, -0.2) is 36.1 Å². The van der Waals surface area contributed by atoms with Gasteiger partial charge in [-0.05, 0) is 42.5 Å². The van der Waals surface area contributed by atoms with Crippen molar-refractivity contribution in [2.24, 2.45) is 0 Å². The molecule has 0 bridgehead atoms. The van der Waals surface area contributed by atoms with Gasteiger partial charge in [0.25, 0.3) is 5.56 Å². The molecule has 2 heterocycles. The minimum absolute atomic E-state index is 0.0541. The molecule has 0 fully saturated rings. The highest BCUT2D eigenvalue weighted by Gasteiger charge is 2.31. The quantitative estimate of drug-likeness (QED) is 0.604. The minimum Gasteiger partial charge on any atom is -0.406 e. The molecule has 3 rings (SSSR count). The van der Waals surface area contributed by atoms with Gasteiger partial charge in [-0.3, -0.25) is 9.78 Å². The van der Waals surface area contributed by atoms with Crippen molar-refractivity contribution in [3.05, 3.63) is 71.3 Å². The van der Waals surface area contributed by atoms with Crippen LogP contribution in [0.4, 0.5) is 13.2 Å². The van der Waals surface area contributed by atoms with E-state index in [0.29, 0.717) is 11.3 Å². The molecule has 0 aliphatic rings. The highest BCUT2D eigenvalue weighted by molar-refractivity contribution is 7.89. The first-order valence-electron chi connectivity index (χ1n) is 8.48. The summed E-state index contributed by atoms with van der Waals surface area (Å²) in [6.45, 7) is -0.214. The number of sulfonamides is 1. The molecular formula is C18H15F3N4O4S. The second-order valence-electron chi connectivity index (χ2n) is 5.94. The third-order valence-electron chi connectivity index (χ3n) is 3.81. The van der Waals surface area contributed by atoms with Gasteiger partial charge >= 0.3 is 6.36 Å². The summed E-state index contributed by atoms with van der Waals surface area (Å²) in [6, 6.07) is 10.1. The number of aromatic nitrogens is 3. The summed E-state index contributed by atoms with van der Waals surface area (Å²) in [7, 11) is -4.01. The molecule has 0 amide bonds. The van der Waals surface area contributed by atoms with Crippen molar-refractivity contribution in [3.8, 4) is 17.0 Å². The van der Waals surface area contributed by atoms with Crippen LogP contribution in [0.2, 0.25) is 0 Å². The van der Waals surface area contributed by atoms with Crippen LogP contribution >= 0.6 is 0 Å². The van der Waals surface area contributed by atoms with Crippen LogP contribution in [0, 0.1) is 0 Å². The molecule has 8 nitrogen and oxygen atoms in total. The SMILES string of the molecule is O=c1ccc(-c2cccnc2)nn1CCNS(=O)(=O)c1ccc(OC(F)(F)F)cc1. The number of pyridine rings is 1. The summed E-state index contributed by atoms with van der Waals surface area (Å²) in [5.41, 5.74) is 0.759. The Kier molecular flexibility index (Phi) is 6.17. The van der Waals surface area contributed by atoms with E-state index >= 15 is 0 Å². The number of hydrogen-bond acceptors (Lipinski definition) is 6. The third kappa shape index (κ3) is 5.64. The van der Waals surface area contributed by atoms with E-state index in [1.807, 2.05) is 0 Å². The van der Waals surface area contributed by atoms with E-state index in [-0.39, 0.29) is 18.0 Å². The van der Waals surface area contributed by atoms with Gasteiger partial charge in [0.15, 0.2) is 0 Å². The van der Waals surface area contributed by atoms with E-state index in [1.165, 1.54) is 12.1 Å². The van der Waals surface area contributed by atoms with Crippen LogP contribution in [0.25, 0.3) is 11.3 Å². The van der Waals surface area contributed by atoms with E-state index in [0.717, 1.165) is 28.9 Å². The van der Waals surface area contributed by atoms with Gasteiger partial charge in [-0.1, -0.05) is 0 Å². The molecule has 0 unspecified atom stereocenters. The second-order valence-corrected chi connectivity index (χ2v) is 7.71. The van der Waals surface area contributed by atoms with Crippen molar-refractivity contribution in [3.63, 3.8) is 0 Å². The van der Waals surface area contributed by atoms with Crippen LogP contribution in [0.3, 0.4) is 0 Å². The number of ether oxygens (including phenoxy) is 1. The van der Waals surface area contributed by atoms with Gasteiger partial charge in [0.2, 0.25) is 10.0 Å². The molecule has 0 aliphatic heterocycles. The maximum Gasteiger partial charge on any atom is 0.573 e. The molecule has 0 aliphatic carbocycles. The molecule has 158 valence electrons. The molecule has 0 spiro atoms. The fourth-order valence-electron chi connectivity index (χ4n) is 2.47. The molecule has 3 aromatic rings. The van der Waals surface area contributed by atoms with Gasteiger partial charge in [-0.25, -0.2) is 17.8 Å². The van der Waals surface area contributed by atoms with Crippen LogP contribution in [0.5, 0.6) is 5.75 Å². The lowest BCUT2D eigenvalue weighted by Crippen LogP contribution is -2.32. The summed E-state index contributed by atoms with van der Waals surface area (Å²) in [5.74, 6) is -0.538. The van der Waals surface area contributed by atoms with Crippen LogP contribution in [-0.2, 0) is 16.6 Å². The number of benzene rings is 1. The minimum atomic E-state index is -4.87. The average molecular weight is 440 g/mol. The fraction of sp³-hybridized carbons (Fsp3) is 0.167. The summed E-state index contributed by atoms with van der Waals surface area (Å²) in [4.78, 5) is 15.7. The molecule has 2 aromatic heterocycles. The lowest BCUT2D eigenvalue weighted by molar-refractivity contribution is -0.274. The molecule has 0 saturated carbocycles. The van der Waals surface area contributed by atoms with Gasteiger partial charge in [-0.2, -0.15) is 5.10 Å². The zero-order valence-electron chi connectivity index (χ0n) is 15.2. The summed E-state index contributed by atoms with van der Waals surface area (Å²) < 4.78 is 68.2. The Morgan fingerprint density at radius 3 is 2.43 bits per heavy atom. The molecule has 0 atom stereocenters. The molecular weight excluding hydrogens is 425 g/mol. The maximum absolute atomic E-state index is 12.3. The number of alkyl halides is 3. The van der Waals surface area contributed by atoms with Crippen molar-refractivity contribution in [1.82, 2.24) is 19.5 Å². The predicted molar refractivity (Wildman–Crippen MR) is 100 cm³/mol. The standard InChI is InChI=1S/C18H15F3N4O4S/c19-18(20,21)29-14-3-5-15(6-4-14)30(27,28)23-10-11-25-17(26)8-7-16(24-25)13-2-1-9-22-12-13/h1-9,12,23H,10-11H2. The maximum atomic E-state index is 12.3.